The van der Waals surface area contributed by atoms with Crippen molar-refractivity contribution in [3.8, 4) is 0 Å². The topological polar surface area (TPSA) is 15.3 Å². The lowest BCUT2D eigenvalue weighted by Gasteiger charge is -2.14. The summed E-state index contributed by atoms with van der Waals surface area (Å²) in [6.45, 7) is 4.71. The first-order chi connectivity index (χ1) is 8.25. The summed E-state index contributed by atoms with van der Waals surface area (Å²) in [5.41, 5.74) is 1.04. The molecule has 94 valence electrons. The zero-order chi connectivity index (χ0) is 12.1. The number of likely N-dealkylation sites (tertiary alicyclic amines) is 1. The van der Waals surface area contributed by atoms with Crippen LogP contribution < -0.4 is 5.32 Å². The summed E-state index contributed by atoms with van der Waals surface area (Å²) < 4.78 is 0. The Morgan fingerprint density at radius 2 is 1.88 bits per heavy atom. The number of hydrogen-bond acceptors (Lipinski definition) is 2. The fourth-order valence-electron chi connectivity index (χ4n) is 2.15. The molecule has 1 aliphatic heterocycles. The maximum Gasteiger partial charge on any atom is 0.0612 e. The zero-order valence-electron chi connectivity index (χ0n) is 9.88. The molecule has 0 radical (unpaired) electrons. The van der Waals surface area contributed by atoms with Gasteiger partial charge in [-0.15, -0.1) is 0 Å². The maximum atomic E-state index is 5.95. The van der Waals surface area contributed by atoms with Crippen molar-refractivity contribution in [1.82, 2.24) is 4.90 Å². The first-order valence-corrected chi connectivity index (χ1v) is 6.92. The summed E-state index contributed by atoms with van der Waals surface area (Å²) in [5, 5.41) is 4.58. The zero-order valence-corrected chi connectivity index (χ0v) is 11.4. The van der Waals surface area contributed by atoms with E-state index in [-0.39, 0.29) is 0 Å². The van der Waals surface area contributed by atoms with Gasteiger partial charge in [0.2, 0.25) is 0 Å². The van der Waals surface area contributed by atoms with E-state index in [1.165, 1.54) is 38.9 Å². The average Bonchev–Trinajstić information content (AvgIpc) is 2.82. The van der Waals surface area contributed by atoms with Crippen molar-refractivity contribution < 1.29 is 0 Å². The molecule has 17 heavy (non-hydrogen) atoms. The van der Waals surface area contributed by atoms with E-state index in [1.54, 1.807) is 0 Å². The van der Waals surface area contributed by atoms with Gasteiger partial charge >= 0.3 is 0 Å². The van der Waals surface area contributed by atoms with Crippen molar-refractivity contribution in [2.45, 2.75) is 19.3 Å². The molecule has 1 aromatic rings. The van der Waals surface area contributed by atoms with Gasteiger partial charge in [0.1, 0.15) is 0 Å². The van der Waals surface area contributed by atoms with Gasteiger partial charge in [0.15, 0.2) is 0 Å². The van der Waals surface area contributed by atoms with E-state index in [0.717, 1.165) is 12.2 Å². The number of hydrogen-bond donors (Lipinski definition) is 1. The van der Waals surface area contributed by atoms with Crippen molar-refractivity contribution in [3.63, 3.8) is 0 Å². The molecule has 0 saturated carbocycles. The fraction of sp³-hybridized carbons (Fsp3) is 0.538. The number of nitrogens with one attached hydrogen (secondary N) is 1. The van der Waals surface area contributed by atoms with Crippen LogP contribution in [-0.4, -0.2) is 31.1 Å². The average molecular weight is 273 g/mol. The van der Waals surface area contributed by atoms with Crippen LogP contribution in [0.15, 0.2) is 18.2 Å². The van der Waals surface area contributed by atoms with Crippen LogP contribution in [-0.2, 0) is 0 Å². The van der Waals surface area contributed by atoms with E-state index in [0.29, 0.717) is 10.0 Å². The van der Waals surface area contributed by atoms with Crippen LogP contribution in [0.3, 0.4) is 0 Å². The lowest BCUT2D eigenvalue weighted by atomic mass is 10.3. The molecule has 1 saturated heterocycles. The molecule has 0 aliphatic carbocycles. The van der Waals surface area contributed by atoms with E-state index >= 15 is 0 Å². The molecule has 0 bridgehead atoms. The van der Waals surface area contributed by atoms with Crippen LogP contribution in [0, 0.1) is 0 Å². The molecule has 1 aliphatic rings. The minimum absolute atomic E-state index is 0.606. The van der Waals surface area contributed by atoms with Crippen molar-refractivity contribution in [2.24, 2.45) is 0 Å². The van der Waals surface area contributed by atoms with Crippen molar-refractivity contribution >= 4 is 28.9 Å². The van der Waals surface area contributed by atoms with Gasteiger partial charge in [0, 0.05) is 12.2 Å². The molecule has 1 N–H and O–H groups in total. The number of halogens is 2. The van der Waals surface area contributed by atoms with Crippen LogP contribution in [0.5, 0.6) is 0 Å². The Morgan fingerprint density at radius 1 is 1.12 bits per heavy atom. The highest BCUT2D eigenvalue weighted by molar-refractivity contribution is 6.42. The summed E-state index contributed by atoms with van der Waals surface area (Å²) in [4.78, 5) is 2.52. The minimum Gasteiger partial charge on any atom is -0.385 e. The number of anilines is 1. The number of rotatable bonds is 5. The molecule has 1 fully saturated rings. The Hall–Kier alpha value is -0.440. The largest absolute Gasteiger partial charge is 0.385 e. The lowest BCUT2D eigenvalue weighted by Crippen LogP contribution is -2.22. The molecule has 2 rings (SSSR count). The molecule has 1 heterocycles. The molecule has 4 heteroatoms. The van der Waals surface area contributed by atoms with Crippen LogP contribution in [0.1, 0.15) is 19.3 Å². The standard InChI is InChI=1S/C13H18Cl2N2/c14-12-5-4-11(10-13(12)15)16-6-3-9-17-7-1-2-8-17/h4-5,10,16H,1-3,6-9H2. The second-order valence-corrected chi connectivity index (χ2v) is 5.27. The Labute approximate surface area is 113 Å². The first-order valence-electron chi connectivity index (χ1n) is 6.17. The second-order valence-electron chi connectivity index (χ2n) is 4.46. The van der Waals surface area contributed by atoms with Gasteiger partial charge in [-0.25, -0.2) is 0 Å². The molecule has 0 spiro atoms. The van der Waals surface area contributed by atoms with Crippen molar-refractivity contribution in [2.75, 3.05) is 31.5 Å². The Morgan fingerprint density at radius 3 is 2.59 bits per heavy atom. The van der Waals surface area contributed by atoms with Crippen LogP contribution in [0.4, 0.5) is 5.69 Å². The summed E-state index contributed by atoms with van der Waals surface area (Å²) in [5.74, 6) is 0. The third kappa shape index (κ3) is 4.06. The Balaban J connectivity index is 1.68. The van der Waals surface area contributed by atoms with Crippen LogP contribution in [0.2, 0.25) is 10.0 Å². The van der Waals surface area contributed by atoms with Gasteiger partial charge in [0.05, 0.1) is 10.0 Å². The lowest BCUT2D eigenvalue weighted by molar-refractivity contribution is 0.337. The Bertz CT molecular complexity index is 362. The highest BCUT2D eigenvalue weighted by atomic mass is 35.5. The molecule has 0 amide bonds. The molecular weight excluding hydrogens is 255 g/mol. The number of benzene rings is 1. The summed E-state index contributed by atoms with van der Waals surface area (Å²) in [6.07, 6.45) is 3.89. The van der Waals surface area contributed by atoms with E-state index in [1.807, 2.05) is 18.2 Å². The van der Waals surface area contributed by atoms with Gasteiger partial charge in [0.25, 0.3) is 0 Å². The smallest absolute Gasteiger partial charge is 0.0612 e. The summed E-state index contributed by atoms with van der Waals surface area (Å²) >= 11 is 11.8. The van der Waals surface area contributed by atoms with Gasteiger partial charge in [-0.1, -0.05) is 23.2 Å². The minimum atomic E-state index is 0.606. The predicted octanol–water partition coefficient (Wildman–Crippen LogP) is 3.89. The van der Waals surface area contributed by atoms with Crippen molar-refractivity contribution in [1.29, 1.82) is 0 Å². The molecule has 1 aromatic carbocycles. The third-order valence-corrected chi connectivity index (χ3v) is 3.84. The predicted molar refractivity (Wildman–Crippen MR) is 75.2 cm³/mol. The SMILES string of the molecule is Clc1ccc(NCCCN2CCCC2)cc1Cl. The van der Waals surface area contributed by atoms with Gasteiger partial charge in [-0.2, -0.15) is 0 Å². The molecular formula is C13H18Cl2N2. The van der Waals surface area contributed by atoms with Gasteiger partial charge < -0.3 is 10.2 Å². The van der Waals surface area contributed by atoms with E-state index in [4.69, 9.17) is 23.2 Å². The molecule has 0 atom stereocenters. The van der Waals surface area contributed by atoms with Gasteiger partial charge in [-0.3, -0.25) is 0 Å². The molecule has 2 nitrogen and oxygen atoms in total. The fourth-order valence-corrected chi connectivity index (χ4v) is 2.45. The van der Waals surface area contributed by atoms with Crippen molar-refractivity contribution in [3.05, 3.63) is 28.2 Å². The van der Waals surface area contributed by atoms with Crippen LogP contribution in [0.25, 0.3) is 0 Å². The summed E-state index contributed by atoms with van der Waals surface area (Å²) in [6, 6.07) is 5.66. The second kappa shape index (κ2) is 6.48. The van der Waals surface area contributed by atoms with E-state index in [9.17, 15) is 0 Å². The first kappa shape index (κ1) is 13.0. The molecule has 0 aromatic heterocycles. The monoisotopic (exact) mass is 272 g/mol. The molecule has 0 unspecified atom stereocenters. The highest BCUT2D eigenvalue weighted by Gasteiger charge is 2.09. The normalized spacial score (nSPS) is 16.4. The number of nitrogens with zero attached hydrogens (tertiary/aromatic N) is 1. The quantitative estimate of drug-likeness (QED) is 0.819. The Kier molecular flexibility index (Phi) is 4.96. The van der Waals surface area contributed by atoms with Crippen LogP contribution >= 0.6 is 23.2 Å². The van der Waals surface area contributed by atoms with E-state index < -0.39 is 0 Å². The summed E-state index contributed by atoms with van der Waals surface area (Å²) in [7, 11) is 0. The van der Waals surface area contributed by atoms with E-state index in [2.05, 4.69) is 10.2 Å². The highest BCUT2D eigenvalue weighted by Crippen LogP contribution is 2.24. The van der Waals surface area contributed by atoms with Gasteiger partial charge in [-0.05, 0) is 57.1 Å². The maximum absolute atomic E-state index is 5.95. The third-order valence-electron chi connectivity index (χ3n) is 3.10.